The number of methoxy groups -OCH3 is 1. The first-order valence-electron chi connectivity index (χ1n) is 8.57. The summed E-state index contributed by atoms with van der Waals surface area (Å²) in [6, 6.07) is 4.82. The van der Waals surface area contributed by atoms with Gasteiger partial charge in [-0.05, 0) is 11.6 Å². The van der Waals surface area contributed by atoms with Crippen molar-refractivity contribution in [2.24, 2.45) is 0 Å². The Morgan fingerprint density at radius 3 is 2.89 bits per heavy atom. The van der Waals surface area contributed by atoms with Crippen LogP contribution in [0.15, 0.2) is 30.3 Å². The van der Waals surface area contributed by atoms with Crippen molar-refractivity contribution >= 4 is 29.5 Å². The topological polar surface area (TPSA) is 128 Å². The van der Waals surface area contributed by atoms with Crippen molar-refractivity contribution < 1.29 is 28.8 Å². The zero-order valence-electron chi connectivity index (χ0n) is 15.3. The fraction of sp³-hybridized carbons (Fsp3) is 0.389. The minimum atomic E-state index is -0.981. The molecular formula is C18H21N3O7. The van der Waals surface area contributed by atoms with Crippen LogP contribution in [0.5, 0.6) is 0 Å². The highest BCUT2D eigenvalue weighted by Gasteiger charge is 2.34. The molecule has 1 fully saturated rings. The molecule has 10 heteroatoms. The molecule has 28 heavy (non-hydrogen) atoms. The molecule has 1 aliphatic rings. The van der Waals surface area contributed by atoms with Gasteiger partial charge in [0.05, 0.1) is 18.0 Å². The van der Waals surface area contributed by atoms with Crippen molar-refractivity contribution in [2.75, 3.05) is 33.4 Å². The Morgan fingerprint density at radius 2 is 2.18 bits per heavy atom. The summed E-state index contributed by atoms with van der Waals surface area (Å²) in [5.74, 6) is -1.53. The second kappa shape index (κ2) is 10.2. The smallest absolute Gasteiger partial charge is 0.308 e. The van der Waals surface area contributed by atoms with E-state index in [1.54, 1.807) is 6.07 Å². The molecule has 1 saturated heterocycles. The number of esters is 1. The summed E-state index contributed by atoms with van der Waals surface area (Å²) in [5, 5.41) is 13.4. The Hall–Kier alpha value is -3.27. The van der Waals surface area contributed by atoms with Gasteiger partial charge in [0.2, 0.25) is 11.8 Å². The summed E-state index contributed by atoms with van der Waals surface area (Å²) in [5.41, 5.74) is 0.378. The molecule has 10 nitrogen and oxygen atoms in total. The van der Waals surface area contributed by atoms with E-state index >= 15 is 0 Å². The molecule has 1 aliphatic heterocycles. The minimum absolute atomic E-state index is 0.0598. The van der Waals surface area contributed by atoms with E-state index in [0.717, 1.165) is 0 Å². The lowest BCUT2D eigenvalue weighted by Gasteiger charge is -2.33. The quantitative estimate of drug-likeness (QED) is 0.225. The highest BCUT2D eigenvalue weighted by molar-refractivity contribution is 5.97. The Bertz CT molecular complexity index is 778. The monoisotopic (exact) mass is 391 g/mol. The number of nitrogens with zero attached hydrogens (tertiary/aromatic N) is 2. The van der Waals surface area contributed by atoms with E-state index in [9.17, 15) is 24.5 Å². The molecule has 1 unspecified atom stereocenters. The number of nitro benzene ring substituents is 1. The molecule has 2 amide bonds. The van der Waals surface area contributed by atoms with Crippen molar-refractivity contribution in [2.45, 2.75) is 12.5 Å². The van der Waals surface area contributed by atoms with Crippen LogP contribution < -0.4 is 5.32 Å². The Labute approximate surface area is 161 Å². The van der Waals surface area contributed by atoms with E-state index in [-0.39, 0.29) is 38.4 Å². The minimum Gasteiger partial charge on any atom is -0.463 e. The number of benzene rings is 1. The zero-order chi connectivity index (χ0) is 20.5. The maximum absolute atomic E-state index is 12.5. The number of non-ortho nitro benzene ring substituents is 1. The van der Waals surface area contributed by atoms with Crippen molar-refractivity contribution in [3.63, 3.8) is 0 Å². The van der Waals surface area contributed by atoms with E-state index < -0.39 is 28.7 Å². The van der Waals surface area contributed by atoms with Crippen molar-refractivity contribution in [1.29, 1.82) is 0 Å². The van der Waals surface area contributed by atoms with Crippen molar-refractivity contribution in [3.8, 4) is 0 Å². The van der Waals surface area contributed by atoms with Crippen molar-refractivity contribution in [3.05, 3.63) is 46.0 Å². The molecule has 1 heterocycles. The van der Waals surface area contributed by atoms with Crippen LogP contribution in [0.2, 0.25) is 0 Å². The lowest BCUT2D eigenvalue weighted by atomic mass is 10.1. The predicted octanol–water partition coefficient (Wildman–Crippen LogP) is 0.515. The first-order valence-corrected chi connectivity index (χ1v) is 8.57. The number of carbonyl (C=O) groups excluding carboxylic acids is 3. The van der Waals surface area contributed by atoms with Gasteiger partial charge in [-0.1, -0.05) is 12.1 Å². The van der Waals surface area contributed by atoms with E-state index in [0.29, 0.717) is 5.56 Å². The number of carbonyl (C=O) groups is 3. The van der Waals surface area contributed by atoms with E-state index in [4.69, 9.17) is 9.47 Å². The fourth-order valence-electron chi connectivity index (χ4n) is 2.64. The molecule has 150 valence electrons. The van der Waals surface area contributed by atoms with Crippen molar-refractivity contribution in [1.82, 2.24) is 10.2 Å². The molecule has 0 aliphatic carbocycles. The molecule has 2 rings (SSSR count). The number of nitrogens with one attached hydrogen (secondary N) is 1. The molecule has 0 radical (unpaired) electrons. The number of ether oxygens (including phenoxy) is 2. The predicted molar refractivity (Wildman–Crippen MR) is 98.1 cm³/mol. The highest BCUT2D eigenvalue weighted by atomic mass is 16.6. The van der Waals surface area contributed by atoms with Gasteiger partial charge in [-0.3, -0.25) is 24.5 Å². The summed E-state index contributed by atoms with van der Waals surface area (Å²) in [7, 11) is 1.47. The normalized spacial score (nSPS) is 16.7. The second-order valence-electron chi connectivity index (χ2n) is 5.94. The largest absolute Gasteiger partial charge is 0.463 e. The van der Waals surface area contributed by atoms with Gasteiger partial charge in [-0.2, -0.15) is 0 Å². The molecular weight excluding hydrogens is 370 g/mol. The van der Waals surface area contributed by atoms with Gasteiger partial charge in [-0.25, -0.2) is 0 Å². The van der Waals surface area contributed by atoms with Gasteiger partial charge in [0, 0.05) is 38.4 Å². The average Bonchev–Trinajstić information content (AvgIpc) is 2.68. The van der Waals surface area contributed by atoms with E-state index in [1.165, 1.54) is 42.4 Å². The third-order valence-corrected chi connectivity index (χ3v) is 4.02. The summed E-state index contributed by atoms with van der Waals surface area (Å²) in [4.78, 5) is 48.2. The third kappa shape index (κ3) is 5.88. The fourth-order valence-corrected chi connectivity index (χ4v) is 2.64. The standard InChI is InChI=1S/C18H21N3O7/c1-27-9-10-28-17(23)12-15-18(24)19-7-8-20(15)16(22)6-5-13-3-2-4-14(11-13)21(25)26/h2-6,11,15H,7-10,12H2,1H3,(H,19,24)/b6-5+. The summed E-state index contributed by atoms with van der Waals surface area (Å²) in [6.07, 6.45) is 2.38. The van der Waals surface area contributed by atoms with Gasteiger partial charge in [0.1, 0.15) is 12.6 Å². The number of amides is 2. The maximum atomic E-state index is 12.5. The second-order valence-corrected chi connectivity index (χ2v) is 5.94. The summed E-state index contributed by atoms with van der Waals surface area (Å²) >= 11 is 0. The lowest BCUT2D eigenvalue weighted by molar-refractivity contribution is -0.384. The van der Waals surface area contributed by atoms with Crippen LogP contribution in [0.3, 0.4) is 0 Å². The molecule has 1 aromatic carbocycles. The molecule has 1 aromatic rings. The van der Waals surface area contributed by atoms with Crippen LogP contribution in [0.1, 0.15) is 12.0 Å². The number of rotatable bonds is 8. The Morgan fingerprint density at radius 1 is 1.39 bits per heavy atom. The molecule has 0 bridgehead atoms. The summed E-state index contributed by atoms with van der Waals surface area (Å²) < 4.78 is 9.75. The van der Waals surface area contributed by atoms with Gasteiger partial charge < -0.3 is 19.7 Å². The van der Waals surface area contributed by atoms with Gasteiger partial charge in [0.25, 0.3) is 5.69 Å². The number of piperazine rings is 1. The molecule has 0 spiro atoms. The molecule has 0 saturated carbocycles. The average molecular weight is 391 g/mol. The van der Waals surface area contributed by atoms with Gasteiger partial charge in [0.15, 0.2) is 0 Å². The van der Waals surface area contributed by atoms with Crippen LogP contribution in [0.4, 0.5) is 5.69 Å². The number of hydrogen-bond acceptors (Lipinski definition) is 7. The van der Waals surface area contributed by atoms with Gasteiger partial charge in [-0.15, -0.1) is 0 Å². The third-order valence-electron chi connectivity index (χ3n) is 4.02. The molecule has 1 N–H and O–H groups in total. The SMILES string of the molecule is COCCOC(=O)CC1C(=O)NCCN1C(=O)/C=C/c1cccc([N+](=O)[O-])c1. The van der Waals surface area contributed by atoms with Crippen LogP contribution in [-0.4, -0.2) is 67.1 Å². The zero-order valence-corrected chi connectivity index (χ0v) is 15.3. The first kappa shape index (κ1) is 21.0. The number of hydrogen-bond donors (Lipinski definition) is 1. The van der Waals surface area contributed by atoms with E-state index in [1.807, 2.05) is 0 Å². The van der Waals surface area contributed by atoms with Crippen LogP contribution in [0.25, 0.3) is 6.08 Å². The Kier molecular flexibility index (Phi) is 7.64. The molecule has 0 aromatic heterocycles. The number of nitro groups is 1. The van der Waals surface area contributed by atoms with E-state index in [2.05, 4.69) is 5.32 Å². The lowest BCUT2D eigenvalue weighted by Crippen LogP contribution is -2.57. The maximum Gasteiger partial charge on any atom is 0.308 e. The van der Waals surface area contributed by atoms with Crippen LogP contribution in [-0.2, 0) is 23.9 Å². The van der Waals surface area contributed by atoms with Gasteiger partial charge >= 0.3 is 5.97 Å². The highest BCUT2D eigenvalue weighted by Crippen LogP contribution is 2.15. The first-order chi connectivity index (χ1) is 13.4. The molecule has 1 atom stereocenters. The Balaban J connectivity index is 2.06. The van der Waals surface area contributed by atoms with Crippen LogP contribution in [0, 0.1) is 10.1 Å². The van der Waals surface area contributed by atoms with Crippen LogP contribution >= 0.6 is 0 Å². The summed E-state index contributed by atoms with van der Waals surface area (Å²) in [6.45, 7) is 0.797.